The summed E-state index contributed by atoms with van der Waals surface area (Å²) in [5.41, 5.74) is -0.350. The molecule has 1 N–H and O–H groups in total. The molecule has 2 atom stereocenters. The van der Waals surface area contributed by atoms with Gasteiger partial charge in [0.2, 0.25) is 0 Å². The number of amides is 1. The van der Waals surface area contributed by atoms with E-state index in [1.807, 2.05) is 22.7 Å². The zero-order chi connectivity index (χ0) is 16.9. The molecule has 2 fully saturated rings. The van der Waals surface area contributed by atoms with Crippen LogP contribution in [0.1, 0.15) is 41.9 Å². The number of aliphatic hydroxyl groups is 1. The molecular formula is C18H20ClN3O2. The first-order valence-electron chi connectivity index (χ1n) is 8.26. The fraction of sp³-hybridized carbons (Fsp3) is 0.444. The molecule has 4 rings (SSSR count). The van der Waals surface area contributed by atoms with Crippen LogP contribution in [0.5, 0.6) is 0 Å². The molecule has 0 saturated carbocycles. The second kappa shape index (κ2) is 5.60. The van der Waals surface area contributed by atoms with Crippen LogP contribution in [0, 0.1) is 0 Å². The van der Waals surface area contributed by atoms with Crippen LogP contribution < -0.4 is 0 Å². The summed E-state index contributed by atoms with van der Waals surface area (Å²) in [4.78, 5) is 19.2. The van der Waals surface area contributed by atoms with Gasteiger partial charge in [-0.15, -0.1) is 0 Å². The molecule has 0 spiro atoms. The number of carbonyl (C=O) groups excluding carboxylic acids is 1. The van der Waals surface area contributed by atoms with Gasteiger partial charge in [0.15, 0.2) is 0 Å². The summed E-state index contributed by atoms with van der Waals surface area (Å²) in [6.45, 7) is 0. The molecule has 1 aromatic heterocycles. The third-order valence-corrected chi connectivity index (χ3v) is 5.55. The molecule has 2 aliphatic heterocycles. The van der Waals surface area contributed by atoms with Crippen LogP contribution in [0.2, 0.25) is 5.02 Å². The van der Waals surface area contributed by atoms with Crippen molar-refractivity contribution in [1.82, 2.24) is 14.5 Å². The molecule has 5 nitrogen and oxygen atoms in total. The van der Waals surface area contributed by atoms with Crippen LogP contribution in [0.3, 0.4) is 0 Å². The second-order valence-electron chi connectivity index (χ2n) is 6.91. The van der Waals surface area contributed by atoms with Gasteiger partial charge < -0.3 is 14.6 Å². The largest absolute Gasteiger partial charge is 0.382 e. The number of piperidine rings is 1. The lowest BCUT2D eigenvalue weighted by atomic mass is 9.85. The zero-order valence-corrected chi connectivity index (χ0v) is 14.3. The van der Waals surface area contributed by atoms with Crippen molar-refractivity contribution in [3.63, 3.8) is 0 Å². The van der Waals surface area contributed by atoms with Crippen molar-refractivity contribution in [2.75, 3.05) is 0 Å². The number of aromatic nitrogens is 2. The van der Waals surface area contributed by atoms with Crippen molar-refractivity contribution in [3.05, 3.63) is 53.1 Å². The fourth-order valence-corrected chi connectivity index (χ4v) is 4.51. The Balaban J connectivity index is 1.62. The SMILES string of the molecule is Cn1ccnc1C1(O)C[C@H]2CC[C@H](C1)N2C(=O)c1cccc(Cl)c1. The Labute approximate surface area is 145 Å². The minimum atomic E-state index is -0.963. The Bertz CT molecular complexity index is 774. The molecule has 2 aromatic rings. The third kappa shape index (κ3) is 2.43. The second-order valence-corrected chi connectivity index (χ2v) is 7.35. The molecule has 6 heteroatoms. The molecule has 3 heterocycles. The summed E-state index contributed by atoms with van der Waals surface area (Å²) >= 11 is 6.02. The normalized spacial score (nSPS) is 29.0. The maximum absolute atomic E-state index is 12.9. The van der Waals surface area contributed by atoms with E-state index in [0.717, 1.165) is 12.8 Å². The highest BCUT2D eigenvalue weighted by Gasteiger charge is 2.51. The molecule has 126 valence electrons. The van der Waals surface area contributed by atoms with E-state index < -0.39 is 5.60 Å². The molecule has 1 aromatic carbocycles. The molecule has 2 bridgehead atoms. The van der Waals surface area contributed by atoms with Crippen molar-refractivity contribution in [2.45, 2.75) is 43.4 Å². The van der Waals surface area contributed by atoms with E-state index >= 15 is 0 Å². The Morgan fingerprint density at radius 2 is 2.04 bits per heavy atom. The number of hydrogen-bond acceptors (Lipinski definition) is 3. The number of imidazole rings is 1. The van der Waals surface area contributed by atoms with Crippen LogP contribution in [-0.2, 0) is 12.6 Å². The fourth-order valence-electron chi connectivity index (χ4n) is 4.32. The zero-order valence-electron chi connectivity index (χ0n) is 13.5. The standard InChI is InChI=1S/C18H20ClN3O2/c1-21-8-7-20-17(21)18(24)10-14-5-6-15(11-18)22(14)16(23)12-3-2-4-13(19)9-12/h2-4,7-9,14-15,24H,5-6,10-11H2,1H3/t14-,15-/m1/s1. The van der Waals surface area contributed by atoms with Gasteiger partial charge in [-0.25, -0.2) is 4.98 Å². The highest BCUT2D eigenvalue weighted by Crippen LogP contribution is 2.45. The number of nitrogens with zero attached hydrogens (tertiary/aromatic N) is 3. The highest BCUT2D eigenvalue weighted by atomic mass is 35.5. The van der Waals surface area contributed by atoms with Crippen LogP contribution in [0.4, 0.5) is 0 Å². The van der Waals surface area contributed by atoms with E-state index in [1.54, 1.807) is 30.5 Å². The smallest absolute Gasteiger partial charge is 0.254 e. The van der Waals surface area contributed by atoms with Crippen molar-refractivity contribution in [1.29, 1.82) is 0 Å². The first kappa shape index (κ1) is 15.7. The summed E-state index contributed by atoms with van der Waals surface area (Å²) in [5.74, 6) is 0.696. The number of halogens is 1. The molecule has 24 heavy (non-hydrogen) atoms. The number of hydrogen-bond donors (Lipinski definition) is 1. The summed E-state index contributed by atoms with van der Waals surface area (Å²) in [7, 11) is 1.89. The maximum Gasteiger partial charge on any atom is 0.254 e. The molecular weight excluding hydrogens is 326 g/mol. The van der Waals surface area contributed by atoms with E-state index in [2.05, 4.69) is 4.98 Å². The topological polar surface area (TPSA) is 58.4 Å². The van der Waals surface area contributed by atoms with E-state index in [0.29, 0.717) is 29.3 Å². The average molecular weight is 346 g/mol. The van der Waals surface area contributed by atoms with Gasteiger partial charge in [0, 0.05) is 55.0 Å². The van der Waals surface area contributed by atoms with Gasteiger partial charge in [-0.05, 0) is 31.0 Å². The molecule has 0 unspecified atom stereocenters. The van der Waals surface area contributed by atoms with Gasteiger partial charge in [-0.2, -0.15) is 0 Å². The van der Waals surface area contributed by atoms with Crippen molar-refractivity contribution in [3.8, 4) is 0 Å². The number of benzene rings is 1. The minimum absolute atomic E-state index is 0.00638. The van der Waals surface area contributed by atoms with Crippen molar-refractivity contribution >= 4 is 17.5 Å². The van der Waals surface area contributed by atoms with Gasteiger partial charge in [0.1, 0.15) is 11.4 Å². The predicted octanol–water partition coefficient (Wildman–Crippen LogP) is 2.73. The molecule has 0 aliphatic carbocycles. The molecule has 0 radical (unpaired) electrons. The highest BCUT2D eigenvalue weighted by molar-refractivity contribution is 6.30. The van der Waals surface area contributed by atoms with Gasteiger partial charge >= 0.3 is 0 Å². The summed E-state index contributed by atoms with van der Waals surface area (Å²) < 4.78 is 1.87. The Hall–Kier alpha value is -1.85. The minimum Gasteiger partial charge on any atom is -0.382 e. The summed E-state index contributed by atoms with van der Waals surface area (Å²) in [6, 6.07) is 7.15. The lowest BCUT2D eigenvalue weighted by Gasteiger charge is -2.43. The Morgan fingerprint density at radius 1 is 1.33 bits per heavy atom. The number of aryl methyl sites for hydroxylation is 1. The number of fused-ring (bicyclic) bond motifs is 2. The van der Waals surface area contributed by atoms with Crippen LogP contribution in [0.15, 0.2) is 36.7 Å². The summed E-state index contributed by atoms with van der Waals surface area (Å²) in [6.07, 6.45) is 6.45. The third-order valence-electron chi connectivity index (χ3n) is 5.31. The van der Waals surface area contributed by atoms with Gasteiger partial charge in [0.25, 0.3) is 5.91 Å². The molecule has 1 amide bonds. The Kier molecular flexibility index (Phi) is 3.66. The number of rotatable bonds is 2. The van der Waals surface area contributed by atoms with Crippen LogP contribution >= 0.6 is 11.6 Å². The van der Waals surface area contributed by atoms with Crippen molar-refractivity contribution in [2.24, 2.45) is 7.05 Å². The first-order valence-corrected chi connectivity index (χ1v) is 8.64. The van der Waals surface area contributed by atoms with Gasteiger partial charge in [-0.1, -0.05) is 17.7 Å². The molecule has 2 aliphatic rings. The Morgan fingerprint density at radius 3 is 2.62 bits per heavy atom. The molecule has 2 saturated heterocycles. The van der Waals surface area contributed by atoms with E-state index in [1.165, 1.54) is 0 Å². The van der Waals surface area contributed by atoms with Crippen LogP contribution in [-0.4, -0.2) is 37.5 Å². The van der Waals surface area contributed by atoms with E-state index in [9.17, 15) is 9.90 Å². The number of carbonyl (C=O) groups is 1. The average Bonchev–Trinajstić information content (AvgIpc) is 3.09. The van der Waals surface area contributed by atoms with Gasteiger partial charge in [-0.3, -0.25) is 4.79 Å². The summed E-state index contributed by atoms with van der Waals surface area (Å²) in [5, 5.41) is 11.7. The van der Waals surface area contributed by atoms with E-state index in [-0.39, 0.29) is 18.0 Å². The van der Waals surface area contributed by atoms with Crippen molar-refractivity contribution < 1.29 is 9.90 Å². The van der Waals surface area contributed by atoms with Crippen LogP contribution in [0.25, 0.3) is 0 Å². The predicted molar refractivity (Wildman–Crippen MR) is 90.8 cm³/mol. The quantitative estimate of drug-likeness (QED) is 0.910. The first-order chi connectivity index (χ1) is 11.5. The maximum atomic E-state index is 12.9. The lowest BCUT2D eigenvalue weighted by Crippen LogP contribution is -2.52. The lowest BCUT2D eigenvalue weighted by molar-refractivity contribution is -0.0555. The van der Waals surface area contributed by atoms with E-state index in [4.69, 9.17) is 11.6 Å². The monoisotopic (exact) mass is 345 g/mol. The van der Waals surface area contributed by atoms with Gasteiger partial charge in [0.05, 0.1) is 0 Å².